The van der Waals surface area contributed by atoms with E-state index < -0.39 is 6.09 Å². The first-order valence-corrected chi connectivity index (χ1v) is 7.80. The summed E-state index contributed by atoms with van der Waals surface area (Å²) < 4.78 is 0. The van der Waals surface area contributed by atoms with E-state index in [-0.39, 0.29) is 11.8 Å². The Morgan fingerprint density at radius 3 is 2.95 bits per heavy atom. The Bertz CT molecular complexity index is 653. The summed E-state index contributed by atoms with van der Waals surface area (Å²) in [6, 6.07) is 0. The summed E-state index contributed by atoms with van der Waals surface area (Å²) in [6.45, 7) is 1.81. The predicted molar refractivity (Wildman–Crippen MR) is 78.2 cm³/mol. The lowest BCUT2D eigenvalue weighted by atomic mass is 10.1. The van der Waals surface area contributed by atoms with E-state index >= 15 is 0 Å². The van der Waals surface area contributed by atoms with Gasteiger partial charge < -0.3 is 20.2 Å². The maximum atomic E-state index is 12.2. The number of nitrogens with zero attached hydrogens (tertiary/aromatic N) is 4. The van der Waals surface area contributed by atoms with Gasteiger partial charge in [-0.2, -0.15) is 5.26 Å². The summed E-state index contributed by atoms with van der Waals surface area (Å²) in [5.41, 5.74) is 0.864. The van der Waals surface area contributed by atoms with Crippen LogP contribution in [0.5, 0.6) is 0 Å². The minimum absolute atomic E-state index is 0.126. The third-order valence-corrected chi connectivity index (χ3v) is 4.93. The Morgan fingerprint density at radius 1 is 1.45 bits per heavy atom. The first kappa shape index (κ1) is 14.6. The lowest BCUT2D eigenvalue weighted by Gasteiger charge is -2.22. The summed E-state index contributed by atoms with van der Waals surface area (Å²) in [6.07, 6.45) is 2.34. The van der Waals surface area contributed by atoms with Gasteiger partial charge in [0.1, 0.15) is 0 Å². The molecule has 116 valence electrons. The number of nitrogens with one attached hydrogen (secondary N) is 1. The van der Waals surface area contributed by atoms with Crippen molar-refractivity contribution < 1.29 is 14.7 Å². The van der Waals surface area contributed by atoms with Crippen LogP contribution in [0.3, 0.4) is 0 Å². The van der Waals surface area contributed by atoms with Gasteiger partial charge in [-0.3, -0.25) is 4.79 Å². The number of carbonyl (C=O) groups excluding carboxylic acids is 1. The molecule has 8 nitrogen and oxygen atoms in total. The number of aromatic nitrogens is 1. The number of carboxylic acid groups (broad SMARTS) is 1. The Morgan fingerprint density at radius 2 is 2.27 bits per heavy atom. The summed E-state index contributed by atoms with van der Waals surface area (Å²) in [4.78, 5) is 31.3. The number of nitriles is 1. The van der Waals surface area contributed by atoms with E-state index in [0.29, 0.717) is 44.2 Å². The molecule has 2 aliphatic rings. The maximum absolute atomic E-state index is 12.2. The van der Waals surface area contributed by atoms with Gasteiger partial charge in [0.15, 0.2) is 11.3 Å². The topological polar surface area (TPSA) is 110 Å². The highest BCUT2D eigenvalue weighted by molar-refractivity contribution is 7.15. The Hall–Kier alpha value is -2.34. The van der Waals surface area contributed by atoms with E-state index in [2.05, 4.69) is 10.3 Å². The normalized spacial score (nSPS) is 20.4. The molecule has 9 heteroatoms. The highest BCUT2D eigenvalue weighted by atomic mass is 32.1. The van der Waals surface area contributed by atoms with Gasteiger partial charge in [0.25, 0.3) is 0 Å². The van der Waals surface area contributed by atoms with Gasteiger partial charge >= 0.3 is 6.09 Å². The summed E-state index contributed by atoms with van der Waals surface area (Å²) in [5.74, 6) is -0.324. The molecule has 1 saturated heterocycles. The zero-order valence-electron chi connectivity index (χ0n) is 11.8. The van der Waals surface area contributed by atoms with Crippen LogP contribution in [0, 0.1) is 17.4 Å². The zero-order valence-corrected chi connectivity index (χ0v) is 12.6. The van der Waals surface area contributed by atoms with Gasteiger partial charge in [0, 0.05) is 30.9 Å². The molecule has 0 saturated carbocycles. The average Bonchev–Trinajstić information content (AvgIpc) is 3.12. The second-order valence-electron chi connectivity index (χ2n) is 5.36. The number of amides is 2. The molecule has 1 atom stereocenters. The minimum atomic E-state index is -0.938. The molecular formula is C13H15N5O3S. The van der Waals surface area contributed by atoms with Gasteiger partial charge in [-0.1, -0.05) is 11.3 Å². The molecule has 1 aromatic heterocycles. The zero-order chi connectivity index (χ0) is 15.7. The molecule has 2 N–H and O–H groups in total. The highest BCUT2D eigenvalue weighted by Crippen LogP contribution is 2.29. The Kier molecular flexibility index (Phi) is 3.85. The molecule has 22 heavy (non-hydrogen) atoms. The van der Waals surface area contributed by atoms with Crippen LogP contribution in [0.1, 0.15) is 17.0 Å². The quantitative estimate of drug-likeness (QED) is 0.784. The van der Waals surface area contributed by atoms with E-state index in [4.69, 9.17) is 10.4 Å². The molecule has 1 aromatic rings. The maximum Gasteiger partial charge on any atom is 0.407 e. The molecule has 0 aliphatic carbocycles. The molecule has 3 heterocycles. The summed E-state index contributed by atoms with van der Waals surface area (Å²) in [7, 11) is 0. The van der Waals surface area contributed by atoms with Gasteiger partial charge in [-0.05, 0) is 6.42 Å². The van der Waals surface area contributed by atoms with Gasteiger partial charge in [0.2, 0.25) is 5.91 Å². The number of carbonyl (C=O) groups is 2. The molecule has 3 rings (SSSR count). The van der Waals surface area contributed by atoms with Crippen molar-refractivity contribution in [3.63, 3.8) is 0 Å². The van der Waals surface area contributed by atoms with Crippen LogP contribution >= 0.6 is 11.3 Å². The van der Waals surface area contributed by atoms with Crippen molar-refractivity contribution in [3.8, 4) is 6.19 Å². The van der Waals surface area contributed by atoms with Gasteiger partial charge in [-0.25, -0.2) is 9.78 Å². The van der Waals surface area contributed by atoms with E-state index in [1.807, 2.05) is 6.19 Å². The molecule has 0 spiro atoms. The first-order chi connectivity index (χ1) is 10.6. The molecule has 2 amide bonds. The lowest BCUT2D eigenvalue weighted by molar-refractivity contribution is -0.119. The van der Waals surface area contributed by atoms with E-state index in [0.717, 1.165) is 10.6 Å². The van der Waals surface area contributed by atoms with E-state index in [1.54, 1.807) is 4.90 Å². The number of thiazole rings is 1. The summed E-state index contributed by atoms with van der Waals surface area (Å²) >= 11 is 1.32. The van der Waals surface area contributed by atoms with Crippen LogP contribution in [-0.2, 0) is 17.8 Å². The number of hydrogen-bond acceptors (Lipinski definition) is 6. The van der Waals surface area contributed by atoms with Crippen molar-refractivity contribution in [3.05, 3.63) is 10.6 Å². The van der Waals surface area contributed by atoms with Crippen molar-refractivity contribution in [1.82, 2.24) is 14.8 Å². The largest absolute Gasteiger partial charge is 0.465 e. The second-order valence-corrected chi connectivity index (χ2v) is 6.45. The summed E-state index contributed by atoms with van der Waals surface area (Å²) in [5, 5.41) is 21.1. The fraction of sp³-hybridized carbons (Fsp3) is 0.538. The molecule has 2 aliphatic heterocycles. The molecule has 0 bridgehead atoms. The number of likely N-dealkylation sites (tertiary alicyclic amines) is 1. The van der Waals surface area contributed by atoms with Gasteiger partial charge in [0.05, 0.1) is 18.2 Å². The van der Waals surface area contributed by atoms with E-state index in [1.165, 1.54) is 16.2 Å². The second kappa shape index (κ2) is 5.81. The standard InChI is InChI=1S/C13H15N5O3S/c14-7-17-3-1-8(5-17)11(19)16-12-15-9-2-4-18(13(20)21)6-10(9)22-12/h8H,1-6H2,(H,20,21)(H,15,16,19)/t8-/m0/s1. The Labute approximate surface area is 131 Å². The van der Waals surface area contributed by atoms with Crippen LogP contribution in [0.4, 0.5) is 9.93 Å². The number of anilines is 1. The van der Waals surface area contributed by atoms with Crippen LogP contribution in [0.2, 0.25) is 0 Å². The van der Waals surface area contributed by atoms with Crippen molar-refractivity contribution in [2.24, 2.45) is 5.92 Å². The SMILES string of the molecule is N#CN1CC[C@H](C(=O)Nc2nc3c(s2)CN(C(=O)O)CC3)C1. The van der Waals surface area contributed by atoms with Crippen LogP contribution < -0.4 is 5.32 Å². The van der Waals surface area contributed by atoms with Crippen LogP contribution in [0.25, 0.3) is 0 Å². The smallest absolute Gasteiger partial charge is 0.407 e. The monoisotopic (exact) mass is 321 g/mol. The molecule has 0 radical (unpaired) electrons. The van der Waals surface area contributed by atoms with Crippen LogP contribution in [0.15, 0.2) is 0 Å². The number of fused-ring (bicyclic) bond motifs is 1. The third kappa shape index (κ3) is 2.82. The van der Waals surface area contributed by atoms with E-state index in [9.17, 15) is 9.59 Å². The van der Waals surface area contributed by atoms with Crippen molar-refractivity contribution in [2.75, 3.05) is 25.0 Å². The number of hydrogen-bond donors (Lipinski definition) is 2. The number of rotatable bonds is 2. The van der Waals surface area contributed by atoms with Crippen LogP contribution in [-0.4, -0.2) is 51.5 Å². The first-order valence-electron chi connectivity index (χ1n) is 6.99. The van der Waals surface area contributed by atoms with Crippen molar-refractivity contribution in [2.45, 2.75) is 19.4 Å². The average molecular weight is 321 g/mol. The fourth-order valence-electron chi connectivity index (χ4n) is 2.68. The fourth-order valence-corrected chi connectivity index (χ4v) is 3.71. The molecular weight excluding hydrogens is 306 g/mol. The lowest BCUT2D eigenvalue weighted by Crippen LogP contribution is -2.34. The third-order valence-electron chi connectivity index (χ3n) is 3.93. The predicted octanol–water partition coefficient (Wildman–Crippen LogP) is 0.921. The highest BCUT2D eigenvalue weighted by Gasteiger charge is 2.29. The van der Waals surface area contributed by atoms with Gasteiger partial charge in [-0.15, -0.1) is 0 Å². The molecule has 1 fully saturated rings. The van der Waals surface area contributed by atoms with Crippen molar-refractivity contribution >= 4 is 28.5 Å². The molecule has 0 unspecified atom stereocenters. The minimum Gasteiger partial charge on any atom is -0.465 e. The van der Waals surface area contributed by atoms with Crippen molar-refractivity contribution in [1.29, 1.82) is 5.26 Å². The molecule has 0 aromatic carbocycles. The Balaban J connectivity index is 1.64.